The molecule has 19 heavy (non-hydrogen) atoms. The summed E-state index contributed by atoms with van der Waals surface area (Å²) >= 11 is 4.86. The summed E-state index contributed by atoms with van der Waals surface area (Å²) in [5.74, 6) is -0.521. The van der Waals surface area contributed by atoms with E-state index in [1.165, 1.54) is 12.1 Å². The number of piperazine rings is 1. The predicted octanol–water partition coefficient (Wildman–Crippen LogP) is 0.870. The van der Waals surface area contributed by atoms with Gasteiger partial charge in [0.15, 0.2) is 0 Å². The number of hydrogen-bond acceptors (Lipinski definition) is 3. The first-order valence-corrected chi connectivity index (χ1v) is 6.52. The first-order valence-electron chi connectivity index (χ1n) is 6.12. The summed E-state index contributed by atoms with van der Waals surface area (Å²) in [5.41, 5.74) is 5.88. The molecule has 1 heterocycles. The fourth-order valence-electron chi connectivity index (χ4n) is 2.13. The molecule has 0 aromatic heterocycles. The van der Waals surface area contributed by atoms with Crippen LogP contribution in [0, 0.1) is 5.82 Å². The summed E-state index contributed by atoms with van der Waals surface area (Å²) in [6.07, 6.45) is 0. The van der Waals surface area contributed by atoms with Gasteiger partial charge in [-0.05, 0) is 18.2 Å². The normalized spacial score (nSPS) is 16.4. The summed E-state index contributed by atoms with van der Waals surface area (Å²) in [6.45, 7) is 3.27. The summed E-state index contributed by atoms with van der Waals surface area (Å²) in [6, 6.07) is 5.78. The van der Waals surface area contributed by atoms with Crippen LogP contribution in [-0.4, -0.2) is 53.4 Å². The molecule has 2 N–H and O–H groups in total. The largest absolute Gasteiger partial charge is 0.392 e. The lowest BCUT2D eigenvalue weighted by Gasteiger charge is -2.34. The van der Waals surface area contributed by atoms with Crippen LogP contribution in [0.1, 0.15) is 10.4 Å². The Morgan fingerprint density at radius 1 is 1.32 bits per heavy atom. The van der Waals surface area contributed by atoms with Crippen molar-refractivity contribution in [3.63, 3.8) is 0 Å². The molecule has 0 atom stereocenters. The molecular weight excluding hydrogens is 265 g/mol. The van der Waals surface area contributed by atoms with Gasteiger partial charge in [-0.2, -0.15) is 0 Å². The number of nitrogens with zero attached hydrogens (tertiary/aromatic N) is 2. The second-order valence-electron chi connectivity index (χ2n) is 4.55. The van der Waals surface area contributed by atoms with Crippen LogP contribution in [0.15, 0.2) is 24.3 Å². The van der Waals surface area contributed by atoms with Crippen molar-refractivity contribution in [1.82, 2.24) is 9.80 Å². The van der Waals surface area contributed by atoms with E-state index in [1.54, 1.807) is 17.0 Å². The molecule has 1 aliphatic heterocycles. The number of carbonyl (C=O) groups is 1. The summed E-state index contributed by atoms with van der Waals surface area (Å²) in [7, 11) is 0. The minimum atomic E-state index is -0.391. The van der Waals surface area contributed by atoms with Gasteiger partial charge in [-0.1, -0.05) is 18.3 Å². The molecule has 0 aliphatic carbocycles. The zero-order valence-corrected chi connectivity index (χ0v) is 11.3. The second-order valence-corrected chi connectivity index (χ2v) is 5.07. The van der Waals surface area contributed by atoms with E-state index in [0.717, 1.165) is 13.1 Å². The van der Waals surface area contributed by atoms with Crippen LogP contribution < -0.4 is 5.73 Å². The summed E-state index contributed by atoms with van der Waals surface area (Å²) in [4.78, 5) is 16.5. The number of benzene rings is 1. The molecule has 0 spiro atoms. The average Bonchev–Trinajstić information content (AvgIpc) is 2.38. The highest BCUT2D eigenvalue weighted by Gasteiger charge is 2.22. The maximum absolute atomic E-state index is 13.1. The van der Waals surface area contributed by atoms with Crippen LogP contribution in [-0.2, 0) is 0 Å². The van der Waals surface area contributed by atoms with Gasteiger partial charge in [0, 0.05) is 38.3 Å². The maximum Gasteiger partial charge on any atom is 0.254 e. The van der Waals surface area contributed by atoms with E-state index in [-0.39, 0.29) is 5.91 Å². The standard InChI is InChI=1S/C13H16FN3OS/c14-11-3-1-2-10(8-11)13(18)17-6-4-16(5-7-17)9-12(15)19/h1-3,8H,4-7,9H2,(H2,15,19). The monoisotopic (exact) mass is 281 g/mol. The number of carbonyl (C=O) groups excluding carboxylic acids is 1. The molecule has 1 saturated heterocycles. The van der Waals surface area contributed by atoms with E-state index >= 15 is 0 Å². The molecule has 0 saturated carbocycles. The first kappa shape index (κ1) is 13.9. The van der Waals surface area contributed by atoms with Crippen LogP contribution in [0.25, 0.3) is 0 Å². The molecule has 4 nitrogen and oxygen atoms in total. The Morgan fingerprint density at radius 2 is 2.00 bits per heavy atom. The van der Waals surface area contributed by atoms with Crippen molar-refractivity contribution < 1.29 is 9.18 Å². The average molecular weight is 281 g/mol. The second kappa shape index (κ2) is 6.08. The van der Waals surface area contributed by atoms with Crippen LogP contribution in [0.3, 0.4) is 0 Å². The highest BCUT2D eigenvalue weighted by atomic mass is 32.1. The number of hydrogen-bond donors (Lipinski definition) is 1. The molecule has 1 aromatic carbocycles. The van der Waals surface area contributed by atoms with E-state index in [1.807, 2.05) is 0 Å². The Labute approximate surface area is 117 Å². The third-order valence-electron chi connectivity index (χ3n) is 3.11. The first-order chi connectivity index (χ1) is 9.06. The van der Waals surface area contributed by atoms with Gasteiger partial charge in [0.05, 0.1) is 4.99 Å². The Kier molecular flexibility index (Phi) is 4.44. The van der Waals surface area contributed by atoms with Gasteiger partial charge in [0.25, 0.3) is 5.91 Å². The molecule has 0 unspecified atom stereocenters. The van der Waals surface area contributed by atoms with E-state index < -0.39 is 5.82 Å². The van der Waals surface area contributed by atoms with Crippen LogP contribution >= 0.6 is 12.2 Å². The molecule has 1 amide bonds. The van der Waals surface area contributed by atoms with Gasteiger partial charge in [0.2, 0.25) is 0 Å². The molecular formula is C13H16FN3OS. The van der Waals surface area contributed by atoms with Gasteiger partial charge < -0.3 is 10.6 Å². The molecule has 1 fully saturated rings. The van der Waals surface area contributed by atoms with Crippen molar-refractivity contribution in [2.45, 2.75) is 0 Å². The van der Waals surface area contributed by atoms with Gasteiger partial charge in [-0.15, -0.1) is 0 Å². The molecule has 1 aromatic rings. The van der Waals surface area contributed by atoms with E-state index in [2.05, 4.69) is 4.90 Å². The summed E-state index contributed by atoms with van der Waals surface area (Å²) in [5, 5.41) is 0. The molecule has 6 heteroatoms. The number of rotatable bonds is 3. The van der Waals surface area contributed by atoms with Gasteiger partial charge in [-0.3, -0.25) is 9.69 Å². The third-order valence-corrected chi connectivity index (χ3v) is 3.24. The fourth-order valence-corrected chi connectivity index (χ4v) is 2.32. The zero-order chi connectivity index (χ0) is 13.8. The fraction of sp³-hybridized carbons (Fsp3) is 0.385. The lowest BCUT2D eigenvalue weighted by Crippen LogP contribution is -2.50. The van der Waals surface area contributed by atoms with Crippen LogP contribution in [0.5, 0.6) is 0 Å². The minimum Gasteiger partial charge on any atom is -0.392 e. The van der Waals surface area contributed by atoms with Crippen molar-refractivity contribution in [1.29, 1.82) is 0 Å². The van der Waals surface area contributed by atoms with Crippen molar-refractivity contribution in [3.8, 4) is 0 Å². The number of thiocarbonyl (C=S) groups is 1. The van der Waals surface area contributed by atoms with Crippen molar-refractivity contribution >= 4 is 23.1 Å². The SMILES string of the molecule is NC(=S)CN1CCN(C(=O)c2cccc(F)c2)CC1. The van der Waals surface area contributed by atoms with Crippen molar-refractivity contribution in [2.75, 3.05) is 32.7 Å². The zero-order valence-electron chi connectivity index (χ0n) is 10.5. The lowest BCUT2D eigenvalue weighted by molar-refractivity contribution is 0.0654. The van der Waals surface area contributed by atoms with Gasteiger partial charge in [0.1, 0.15) is 5.82 Å². The Balaban J connectivity index is 1.94. The predicted molar refractivity (Wildman–Crippen MR) is 75.5 cm³/mol. The van der Waals surface area contributed by atoms with E-state index in [9.17, 15) is 9.18 Å². The van der Waals surface area contributed by atoms with Crippen LogP contribution in [0.2, 0.25) is 0 Å². The Hall–Kier alpha value is -1.53. The highest BCUT2D eigenvalue weighted by Crippen LogP contribution is 2.10. The maximum atomic E-state index is 13.1. The Bertz CT molecular complexity index is 487. The molecule has 1 aliphatic rings. The third kappa shape index (κ3) is 3.71. The molecule has 102 valence electrons. The highest BCUT2D eigenvalue weighted by molar-refractivity contribution is 7.80. The lowest BCUT2D eigenvalue weighted by atomic mass is 10.1. The van der Waals surface area contributed by atoms with E-state index in [4.69, 9.17) is 18.0 Å². The van der Waals surface area contributed by atoms with Crippen molar-refractivity contribution in [3.05, 3.63) is 35.6 Å². The molecule has 2 rings (SSSR count). The van der Waals surface area contributed by atoms with Gasteiger partial charge in [-0.25, -0.2) is 4.39 Å². The number of halogens is 1. The number of amides is 1. The molecule has 0 bridgehead atoms. The van der Waals surface area contributed by atoms with Gasteiger partial charge >= 0.3 is 0 Å². The number of nitrogens with two attached hydrogens (primary N) is 1. The van der Waals surface area contributed by atoms with Crippen LogP contribution in [0.4, 0.5) is 4.39 Å². The smallest absolute Gasteiger partial charge is 0.254 e. The molecule has 0 radical (unpaired) electrons. The Morgan fingerprint density at radius 3 is 2.58 bits per heavy atom. The van der Waals surface area contributed by atoms with E-state index in [0.29, 0.717) is 30.2 Å². The summed E-state index contributed by atoms with van der Waals surface area (Å²) < 4.78 is 13.1. The van der Waals surface area contributed by atoms with Crippen molar-refractivity contribution in [2.24, 2.45) is 5.73 Å². The topological polar surface area (TPSA) is 49.6 Å². The minimum absolute atomic E-state index is 0.130. The quantitative estimate of drug-likeness (QED) is 0.835.